The van der Waals surface area contributed by atoms with E-state index in [0.29, 0.717) is 31.3 Å². The van der Waals surface area contributed by atoms with E-state index in [1.165, 1.54) is 36.5 Å². The van der Waals surface area contributed by atoms with Crippen molar-refractivity contribution >= 4 is 21.8 Å². The van der Waals surface area contributed by atoms with E-state index < -0.39 is 21.8 Å². The molecular formula is C32H56N6O4S. The van der Waals surface area contributed by atoms with Gasteiger partial charge in [0.15, 0.2) is 0 Å². The molecule has 2 aliphatic rings. The zero-order chi connectivity index (χ0) is 31.4. The van der Waals surface area contributed by atoms with Gasteiger partial charge in [0.25, 0.3) is 0 Å². The number of nitrogens with two attached hydrogens (primary N) is 1. The summed E-state index contributed by atoms with van der Waals surface area (Å²) in [6.45, 7) is 6.85. The van der Waals surface area contributed by atoms with Crippen molar-refractivity contribution in [2.75, 3.05) is 52.6 Å². The molecule has 1 saturated heterocycles. The molecule has 0 aromatic heterocycles. The fourth-order valence-corrected chi connectivity index (χ4v) is 7.95. The van der Waals surface area contributed by atoms with Crippen molar-refractivity contribution in [2.24, 2.45) is 23.5 Å². The Bertz CT molecular complexity index is 1090. The highest BCUT2D eigenvalue weighted by atomic mass is 32.2. The number of benzene rings is 1. The summed E-state index contributed by atoms with van der Waals surface area (Å²) in [5.74, 6) is -0.817. The van der Waals surface area contributed by atoms with E-state index in [4.69, 9.17) is 5.73 Å². The summed E-state index contributed by atoms with van der Waals surface area (Å²) in [7, 11) is -0.202. The van der Waals surface area contributed by atoms with Gasteiger partial charge in [-0.3, -0.25) is 9.59 Å². The predicted octanol–water partition coefficient (Wildman–Crippen LogP) is 2.60. The third kappa shape index (κ3) is 12.5. The first-order valence-electron chi connectivity index (χ1n) is 16.2. The van der Waals surface area contributed by atoms with Gasteiger partial charge in [-0.05, 0) is 50.1 Å². The number of rotatable bonds is 16. The number of hydrogen-bond acceptors (Lipinski definition) is 7. The maximum absolute atomic E-state index is 13.5. The minimum Gasteiger partial charge on any atom is -0.352 e. The maximum atomic E-state index is 13.5. The van der Waals surface area contributed by atoms with Crippen LogP contribution in [0.1, 0.15) is 70.8 Å². The average molecular weight is 621 g/mol. The molecule has 0 bridgehead atoms. The van der Waals surface area contributed by atoms with Crippen LogP contribution < -0.4 is 16.4 Å². The number of nitrogens with zero attached hydrogens (tertiary/aromatic N) is 3. The van der Waals surface area contributed by atoms with Crippen molar-refractivity contribution in [3.63, 3.8) is 0 Å². The van der Waals surface area contributed by atoms with Crippen LogP contribution >= 0.6 is 0 Å². The number of carbonyl (C=O) groups is 2. The number of nitrogens with one attached hydrogen (secondary N) is 2. The van der Waals surface area contributed by atoms with Crippen LogP contribution in [-0.2, 0) is 26.0 Å². The van der Waals surface area contributed by atoms with Gasteiger partial charge in [0.1, 0.15) is 0 Å². The number of piperazine rings is 1. The molecule has 1 aliphatic heterocycles. The summed E-state index contributed by atoms with van der Waals surface area (Å²) in [5, 5.41) is 7.73. The molecule has 244 valence electrons. The van der Waals surface area contributed by atoms with Gasteiger partial charge in [0, 0.05) is 45.3 Å². The van der Waals surface area contributed by atoms with Gasteiger partial charge < -0.3 is 21.3 Å². The van der Waals surface area contributed by atoms with E-state index in [9.17, 15) is 18.0 Å². The second-order valence-corrected chi connectivity index (χ2v) is 15.2. The van der Waals surface area contributed by atoms with E-state index in [-0.39, 0.29) is 36.7 Å². The molecule has 1 aromatic carbocycles. The fraction of sp³-hybridized carbons (Fsp3) is 0.750. The molecule has 3 atom stereocenters. The molecule has 1 aliphatic carbocycles. The van der Waals surface area contributed by atoms with Crippen molar-refractivity contribution in [2.45, 2.75) is 83.7 Å². The van der Waals surface area contributed by atoms with Gasteiger partial charge in [-0.1, -0.05) is 76.3 Å². The molecule has 2 fully saturated rings. The quantitative estimate of drug-likeness (QED) is 0.259. The molecule has 11 heteroatoms. The molecule has 4 N–H and O–H groups in total. The Morgan fingerprint density at radius 1 is 1.02 bits per heavy atom. The second kappa shape index (κ2) is 17.4. The zero-order valence-corrected chi connectivity index (χ0v) is 27.7. The fourth-order valence-electron chi connectivity index (χ4n) is 6.44. The SMILES string of the molecule is CC(C)CC(N)CC(CC1CCCCC1)NC(=O)CNC(=O)C(Cc1ccccc1)CS(=O)(=O)N(C)N1CCN(C)CC1. The highest BCUT2D eigenvalue weighted by Gasteiger charge is 2.33. The normalized spacial score (nSPS) is 19.7. The van der Waals surface area contributed by atoms with Crippen molar-refractivity contribution in [3.05, 3.63) is 35.9 Å². The summed E-state index contributed by atoms with van der Waals surface area (Å²) in [5.41, 5.74) is 7.32. The Balaban J connectivity index is 1.63. The number of carbonyl (C=O) groups excluding carboxylic acids is 2. The van der Waals surface area contributed by atoms with Crippen LogP contribution in [0.15, 0.2) is 30.3 Å². The van der Waals surface area contributed by atoms with Crippen LogP contribution in [0.5, 0.6) is 0 Å². The van der Waals surface area contributed by atoms with Gasteiger partial charge in [0.05, 0.1) is 18.2 Å². The minimum atomic E-state index is -3.77. The largest absolute Gasteiger partial charge is 0.352 e. The molecule has 2 amide bonds. The molecule has 1 saturated carbocycles. The Labute approximate surface area is 260 Å². The lowest BCUT2D eigenvalue weighted by Crippen LogP contribution is -2.54. The lowest BCUT2D eigenvalue weighted by Gasteiger charge is -2.37. The Morgan fingerprint density at radius 3 is 2.30 bits per heavy atom. The molecule has 0 radical (unpaired) electrons. The number of likely N-dealkylation sites (N-methyl/N-ethyl adjacent to an activating group) is 1. The van der Waals surface area contributed by atoms with Crippen molar-refractivity contribution in [1.29, 1.82) is 0 Å². The Kier molecular flexibility index (Phi) is 14.4. The summed E-state index contributed by atoms with van der Waals surface area (Å²) < 4.78 is 28.2. The van der Waals surface area contributed by atoms with E-state index in [0.717, 1.165) is 31.5 Å². The number of hydrogen-bond donors (Lipinski definition) is 3. The van der Waals surface area contributed by atoms with Crippen LogP contribution in [0.25, 0.3) is 0 Å². The zero-order valence-electron chi connectivity index (χ0n) is 26.8. The van der Waals surface area contributed by atoms with Crippen LogP contribution in [0.4, 0.5) is 0 Å². The van der Waals surface area contributed by atoms with E-state index in [1.54, 1.807) is 7.05 Å². The maximum Gasteiger partial charge on any atom is 0.239 e. The summed E-state index contributed by atoms with van der Waals surface area (Å²) in [6, 6.07) is 9.37. The van der Waals surface area contributed by atoms with Crippen molar-refractivity contribution < 1.29 is 18.0 Å². The van der Waals surface area contributed by atoms with Crippen LogP contribution in [0, 0.1) is 17.8 Å². The Morgan fingerprint density at radius 2 is 1.67 bits per heavy atom. The number of sulfonamides is 1. The molecule has 0 spiro atoms. The van der Waals surface area contributed by atoms with E-state index in [1.807, 2.05) is 42.4 Å². The van der Waals surface area contributed by atoms with Crippen LogP contribution in [-0.4, -0.2) is 99.2 Å². The molecule has 1 heterocycles. The minimum absolute atomic E-state index is 0.00114. The highest BCUT2D eigenvalue weighted by Crippen LogP contribution is 2.28. The third-order valence-corrected chi connectivity index (χ3v) is 10.7. The first-order chi connectivity index (χ1) is 20.4. The lowest BCUT2D eigenvalue weighted by molar-refractivity contribution is -0.128. The number of hydrazine groups is 1. The molecule has 1 aromatic rings. The lowest BCUT2D eigenvalue weighted by atomic mass is 9.83. The molecule has 3 rings (SSSR count). The molecule has 3 unspecified atom stereocenters. The highest BCUT2D eigenvalue weighted by molar-refractivity contribution is 7.89. The van der Waals surface area contributed by atoms with Gasteiger partial charge in [-0.25, -0.2) is 13.4 Å². The Hall–Kier alpha value is -2.05. The third-order valence-electron chi connectivity index (χ3n) is 8.88. The van der Waals surface area contributed by atoms with Crippen LogP contribution in [0.2, 0.25) is 0 Å². The van der Waals surface area contributed by atoms with Gasteiger partial charge in [-0.2, -0.15) is 0 Å². The van der Waals surface area contributed by atoms with Gasteiger partial charge >= 0.3 is 0 Å². The predicted molar refractivity (Wildman–Crippen MR) is 172 cm³/mol. The summed E-state index contributed by atoms with van der Waals surface area (Å²) in [6.07, 6.45) is 8.87. The molecular weight excluding hydrogens is 564 g/mol. The monoisotopic (exact) mass is 620 g/mol. The summed E-state index contributed by atoms with van der Waals surface area (Å²) >= 11 is 0. The molecule has 43 heavy (non-hydrogen) atoms. The first kappa shape index (κ1) is 35.4. The van der Waals surface area contributed by atoms with Crippen molar-refractivity contribution in [1.82, 2.24) is 25.0 Å². The standard InChI is InChI=1S/C32H56N6O4S/c1-25(2)19-29(33)22-30(21-27-13-9-6-10-14-27)35-31(39)23-34-32(40)28(20-26-11-7-5-8-12-26)24-43(41,42)37(4)38-17-15-36(3)16-18-38/h5,7-8,11-12,25,27-30H,6,9-10,13-24,33H2,1-4H3,(H,34,40)(H,35,39). The van der Waals surface area contributed by atoms with Crippen LogP contribution in [0.3, 0.4) is 0 Å². The topological polar surface area (TPSA) is 128 Å². The second-order valence-electron chi connectivity index (χ2n) is 13.2. The first-order valence-corrected chi connectivity index (χ1v) is 17.8. The number of amides is 2. The molecule has 10 nitrogen and oxygen atoms in total. The van der Waals surface area contributed by atoms with E-state index >= 15 is 0 Å². The van der Waals surface area contributed by atoms with Crippen molar-refractivity contribution in [3.8, 4) is 0 Å². The smallest absolute Gasteiger partial charge is 0.239 e. The van der Waals surface area contributed by atoms with Gasteiger partial charge in [0.2, 0.25) is 21.8 Å². The summed E-state index contributed by atoms with van der Waals surface area (Å²) in [4.78, 5) is 28.7. The van der Waals surface area contributed by atoms with Gasteiger partial charge in [-0.15, -0.1) is 4.41 Å². The average Bonchev–Trinajstić information content (AvgIpc) is 2.96. The van der Waals surface area contributed by atoms with E-state index in [2.05, 4.69) is 29.4 Å².